The lowest BCUT2D eigenvalue weighted by atomic mass is 10.2. The Labute approximate surface area is 178 Å². The van der Waals surface area contributed by atoms with Crippen LogP contribution in [0.25, 0.3) is 10.9 Å². The van der Waals surface area contributed by atoms with E-state index in [1.165, 1.54) is 16.6 Å². The van der Waals surface area contributed by atoms with Gasteiger partial charge in [-0.2, -0.15) is 0 Å². The molecule has 0 saturated carbocycles. The Balaban J connectivity index is 1.56. The number of halogens is 2. The smallest absolute Gasteiger partial charge is 0.245 e. The van der Waals surface area contributed by atoms with Crippen LogP contribution in [0, 0.1) is 5.82 Å². The van der Waals surface area contributed by atoms with Crippen LogP contribution < -0.4 is 13.9 Å². The first-order chi connectivity index (χ1) is 14.3. The maximum absolute atomic E-state index is 13.1. The fourth-order valence-electron chi connectivity index (χ4n) is 3.11. The number of rotatable bonds is 6. The zero-order chi connectivity index (χ0) is 21.3. The van der Waals surface area contributed by atoms with E-state index >= 15 is 0 Å². The fourth-order valence-corrected chi connectivity index (χ4v) is 3.31. The van der Waals surface area contributed by atoms with Gasteiger partial charge in [0, 0.05) is 29.4 Å². The van der Waals surface area contributed by atoms with Crippen LogP contribution in [0.15, 0.2) is 42.6 Å². The van der Waals surface area contributed by atoms with Gasteiger partial charge in [0.1, 0.15) is 18.5 Å². The van der Waals surface area contributed by atoms with Crippen LogP contribution in [0.3, 0.4) is 0 Å². The second-order valence-electron chi connectivity index (χ2n) is 7.25. The summed E-state index contributed by atoms with van der Waals surface area (Å²) in [6.45, 7) is 4.52. The monoisotopic (exact) mass is 433 g/mol. The molecule has 1 aliphatic heterocycles. The number of benzene rings is 2. The molecule has 2 heterocycles. The lowest BCUT2D eigenvalue weighted by Crippen LogP contribution is -2.25. The van der Waals surface area contributed by atoms with Gasteiger partial charge in [0.2, 0.25) is 5.95 Å². The molecule has 1 aliphatic rings. The molecule has 3 aromatic rings. The number of methoxy groups -OCH3 is 1. The summed E-state index contributed by atoms with van der Waals surface area (Å²) >= 11 is 6.34. The average molecular weight is 434 g/mol. The Morgan fingerprint density at radius 1 is 1.23 bits per heavy atom. The molecule has 0 unspecified atom stereocenters. The minimum Gasteiger partial charge on any atom is -0.493 e. The van der Waals surface area contributed by atoms with E-state index in [0.717, 1.165) is 5.39 Å². The lowest BCUT2D eigenvalue weighted by Gasteiger charge is -2.18. The van der Waals surface area contributed by atoms with Crippen molar-refractivity contribution in [2.24, 2.45) is 0 Å². The molecule has 1 atom stereocenters. The molecule has 7 nitrogen and oxygen atoms in total. The second kappa shape index (κ2) is 8.22. The number of hydrogen-bond acceptors (Lipinski definition) is 7. The molecule has 0 radical (unpaired) electrons. The van der Waals surface area contributed by atoms with Gasteiger partial charge in [-0.15, -0.1) is 0 Å². The third kappa shape index (κ3) is 4.40. The summed E-state index contributed by atoms with van der Waals surface area (Å²) in [5.41, 5.74) is 1.17. The molecule has 2 aromatic carbocycles. The number of fused-ring (bicyclic) bond motifs is 1. The number of aromatic nitrogens is 2. The molecule has 0 N–H and O–H groups in total. The van der Waals surface area contributed by atoms with Gasteiger partial charge in [0.15, 0.2) is 17.3 Å². The highest BCUT2D eigenvalue weighted by molar-refractivity contribution is 6.28. The van der Waals surface area contributed by atoms with Crippen LogP contribution in [0.4, 0.5) is 16.0 Å². The predicted molar refractivity (Wildman–Crippen MR) is 111 cm³/mol. The standard InChI is InChI=1S/C21H21ClFN3O4/c1-21(2)29-12-16(30-21)11-28-19-8-13-10-24-20(25-17(13)9-18(19)27-3)26(22)15-6-4-14(23)5-7-15/h4-10,16H,11-12H2,1-3H3/t16-/m1/s1. The summed E-state index contributed by atoms with van der Waals surface area (Å²) in [6.07, 6.45) is 1.47. The van der Waals surface area contributed by atoms with Crippen LogP contribution in [-0.4, -0.2) is 42.2 Å². The van der Waals surface area contributed by atoms with Crippen molar-refractivity contribution in [3.05, 3.63) is 48.4 Å². The van der Waals surface area contributed by atoms with Crippen molar-refractivity contribution < 1.29 is 23.3 Å². The van der Waals surface area contributed by atoms with Crippen molar-refractivity contribution in [2.75, 3.05) is 24.7 Å². The zero-order valence-electron chi connectivity index (χ0n) is 16.8. The van der Waals surface area contributed by atoms with Gasteiger partial charge in [-0.05, 0) is 44.2 Å². The van der Waals surface area contributed by atoms with Gasteiger partial charge in [0.05, 0.1) is 24.9 Å². The van der Waals surface area contributed by atoms with Crippen molar-refractivity contribution in [2.45, 2.75) is 25.7 Å². The molecule has 4 rings (SSSR count). The minimum absolute atomic E-state index is 0.167. The quantitative estimate of drug-likeness (QED) is 0.526. The topological polar surface area (TPSA) is 65.9 Å². The zero-order valence-corrected chi connectivity index (χ0v) is 17.5. The van der Waals surface area contributed by atoms with Crippen molar-refractivity contribution in [3.63, 3.8) is 0 Å². The number of ether oxygens (including phenoxy) is 4. The highest BCUT2D eigenvalue weighted by atomic mass is 35.5. The summed E-state index contributed by atoms with van der Waals surface area (Å²) in [6, 6.07) is 9.28. The highest BCUT2D eigenvalue weighted by Gasteiger charge is 2.33. The fraction of sp³-hybridized carbons (Fsp3) is 0.333. The Bertz CT molecular complexity index is 1050. The molecule has 1 fully saturated rings. The third-order valence-electron chi connectivity index (χ3n) is 4.57. The van der Waals surface area contributed by atoms with E-state index in [9.17, 15) is 4.39 Å². The van der Waals surface area contributed by atoms with E-state index in [4.69, 9.17) is 30.7 Å². The summed E-state index contributed by atoms with van der Waals surface area (Å²) in [5, 5.41) is 0.752. The molecular weight excluding hydrogens is 413 g/mol. The first-order valence-electron chi connectivity index (χ1n) is 9.35. The van der Waals surface area contributed by atoms with Crippen LogP contribution in [0.5, 0.6) is 11.5 Å². The van der Waals surface area contributed by atoms with Crippen molar-refractivity contribution in [1.82, 2.24) is 9.97 Å². The molecule has 30 heavy (non-hydrogen) atoms. The maximum Gasteiger partial charge on any atom is 0.245 e. The minimum atomic E-state index is -0.607. The van der Waals surface area contributed by atoms with E-state index in [1.54, 1.807) is 37.6 Å². The first kappa shape index (κ1) is 20.6. The van der Waals surface area contributed by atoms with Crippen molar-refractivity contribution in [3.8, 4) is 11.5 Å². The van der Waals surface area contributed by atoms with Gasteiger partial charge >= 0.3 is 0 Å². The molecule has 0 aliphatic carbocycles. The largest absolute Gasteiger partial charge is 0.493 e. The van der Waals surface area contributed by atoms with E-state index < -0.39 is 5.79 Å². The summed E-state index contributed by atoms with van der Waals surface area (Å²) in [5.74, 6) is 0.372. The van der Waals surface area contributed by atoms with E-state index in [1.807, 2.05) is 13.8 Å². The molecule has 9 heteroatoms. The molecule has 0 spiro atoms. The van der Waals surface area contributed by atoms with E-state index in [0.29, 0.717) is 35.9 Å². The number of hydrogen-bond donors (Lipinski definition) is 0. The molecule has 0 bridgehead atoms. The first-order valence-corrected chi connectivity index (χ1v) is 9.69. The Morgan fingerprint density at radius 3 is 2.67 bits per heavy atom. The lowest BCUT2D eigenvalue weighted by molar-refractivity contribution is -0.141. The average Bonchev–Trinajstić information content (AvgIpc) is 3.09. The summed E-state index contributed by atoms with van der Waals surface area (Å²) in [7, 11) is 1.56. The third-order valence-corrected chi connectivity index (χ3v) is 4.92. The second-order valence-corrected chi connectivity index (χ2v) is 7.59. The van der Waals surface area contributed by atoms with E-state index in [2.05, 4.69) is 9.97 Å². The predicted octanol–water partition coefficient (Wildman–Crippen LogP) is 4.60. The Hall–Kier alpha value is -2.68. The van der Waals surface area contributed by atoms with Crippen molar-refractivity contribution >= 4 is 34.3 Å². The van der Waals surface area contributed by atoms with Crippen molar-refractivity contribution in [1.29, 1.82) is 0 Å². The van der Waals surface area contributed by atoms with Crippen LogP contribution >= 0.6 is 11.8 Å². The normalized spacial score (nSPS) is 17.8. The molecule has 1 saturated heterocycles. The van der Waals surface area contributed by atoms with Gasteiger partial charge in [0.25, 0.3) is 0 Å². The molecule has 0 amide bonds. The number of nitrogens with zero attached hydrogens (tertiary/aromatic N) is 3. The Kier molecular flexibility index (Phi) is 5.64. The summed E-state index contributed by atoms with van der Waals surface area (Å²) in [4.78, 5) is 8.80. The number of anilines is 2. The Morgan fingerprint density at radius 2 is 2.00 bits per heavy atom. The van der Waals surface area contributed by atoms with Crippen LogP contribution in [0.1, 0.15) is 13.8 Å². The van der Waals surface area contributed by atoms with Gasteiger partial charge in [-0.3, -0.25) is 0 Å². The van der Waals surface area contributed by atoms with E-state index in [-0.39, 0.29) is 17.9 Å². The maximum atomic E-state index is 13.1. The van der Waals surface area contributed by atoms with Gasteiger partial charge < -0.3 is 18.9 Å². The highest BCUT2D eigenvalue weighted by Crippen LogP contribution is 2.34. The molecule has 1 aromatic heterocycles. The van der Waals surface area contributed by atoms with Gasteiger partial charge in [-0.1, -0.05) is 0 Å². The summed E-state index contributed by atoms with van der Waals surface area (Å²) < 4.78 is 37.1. The van der Waals surface area contributed by atoms with Gasteiger partial charge in [-0.25, -0.2) is 18.8 Å². The molecular formula is C21H21ClFN3O4. The molecule has 158 valence electrons. The SMILES string of the molecule is COc1cc2nc(N(Cl)c3ccc(F)cc3)ncc2cc1OC[C@@H]1COC(C)(C)O1. The van der Waals surface area contributed by atoms with Crippen LogP contribution in [0.2, 0.25) is 0 Å². The van der Waals surface area contributed by atoms with Crippen LogP contribution in [-0.2, 0) is 9.47 Å².